The van der Waals surface area contributed by atoms with Gasteiger partial charge in [-0.2, -0.15) is 8.78 Å². The first-order chi connectivity index (χ1) is 12.8. The Morgan fingerprint density at radius 3 is 2.22 bits per heavy atom. The maximum atomic E-state index is 12.8. The quantitative estimate of drug-likeness (QED) is 0.590. The Bertz CT molecular complexity index is 904. The predicted molar refractivity (Wildman–Crippen MR) is 98.3 cm³/mol. The van der Waals surface area contributed by atoms with Crippen molar-refractivity contribution in [2.24, 2.45) is 0 Å². The van der Waals surface area contributed by atoms with Crippen LogP contribution >= 0.6 is 23.4 Å². The molecule has 9 heteroatoms. The molecular weight excluding hydrogens is 398 g/mol. The third kappa shape index (κ3) is 3.68. The number of rotatable bonds is 5. The van der Waals surface area contributed by atoms with Crippen LogP contribution in [0.1, 0.15) is 27.6 Å². The molecule has 2 aromatic rings. The average Bonchev–Trinajstić information content (AvgIpc) is 2.88. The zero-order valence-electron chi connectivity index (χ0n) is 13.9. The van der Waals surface area contributed by atoms with E-state index in [0.717, 1.165) is 4.90 Å². The molecule has 1 atom stereocenters. The molecule has 1 N–H and O–H groups in total. The van der Waals surface area contributed by atoms with Gasteiger partial charge in [0.1, 0.15) is 6.04 Å². The Labute approximate surface area is 162 Å². The van der Waals surface area contributed by atoms with Crippen molar-refractivity contribution in [3.63, 3.8) is 0 Å². The lowest BCUT2D eigenvalue weighted by molar-refractivity contribution is -0.119. The third-order valence-corrected chi connectivity index (χ3v) is 5.30. The summed E-state index contributed by atoms with van der Waals surface area (Å²) in [4.78, 5) is 38.4. The summed E-state index contributed by atoms with van der Waals surface area (Å²) in [5.74, 6) is -4.57. The number of anilines is 1. The van der Waals surface area contributed by atoms with Gasteiger partial charge in [-0.05, 0) is 31.2 Å². The van der Waals surface area contributed by atoms with Gasteiger partial charge in [0.05, 0.1) is 26.7 Å². The second-order valence-electron chi connectivity index (χ2n) is 5.69. The highest BCUT2D eigenvalue weighted by Gasteiger charge is 2.40. The van der Waals surface area contributed by atoms with Crippen molar-refractivity contribution < 1.29 is 23.2 Å². The van der Waals surface area contributed by atoms with Crippen molar-refractivity contribution in [2.45, 2.75) is 23.6 Å². The highest BCUT2D eigenvalue weighted by Crippen LogP contribution is 2.37. The van der Waals surface area contributed by atoms with E-state index < -0.39 is 29.5 Å². The molecular formula is C18H13ClF2N2O3S. The number of hydrogen-bond donors (Lipinski definition) is 1. The molecule has 140 valence electrons. The van der Waals surface area contributed by atoms with E-state index in [0.29, 0.717) is 0 Å². The van der Waals surface area contributed by atoms with Crippen LogP contribution in [0.15, 0.2) is 47.4 Å². The van der Waals surface area contributed by atoms with Crippen LogP contribution in [-0.2, 0) is 4.79 Å². The van der Waals surface area contributed by atoms with Gasteiger partial charge in [-0.3, -0.25) is 19.3 Å². The average molecular weight is 411 g/mol. The minimum atomic E-state index is -2.73. The summed E-state index contributed by atoms with van der Waals surface area (Å²) < 4.78 is 25.5. The summed E-state index contributed by atoms with van der Waals surface area (Å²) in [5.41, 5.74) is 0.527. The molecule has 0 saturated heterocycles. The number of amides is 3. The molecule has 1 heterocycles. The number of nitrogens with zero attached hydrogens (tertiary/aromatic N) is 1. The fourth-order valence-corrected chi connectivity index (χ4v) is 3.64. The molecule has 27 heavy (non-hydrogen) atoms. The van der Waals surface area contributed by atoms with Gasteiger partial charge in [-0.25, -0.2) is 0 Å². The summed E-state index contributed by atoms with van der Waals surface area (Å²) in [6.45, 7) is 1.39. The maximum Gasteiger partial charge on any atom is 0.289 e. The molecule has 1 aliphatic rings. The van der Waals surface area contributed by atoms with E-state index in [2.05, 4.69) is 5.32 Å². The van der Waals surface area contributed by atoms with E-state index in [-0.39, 0.29) is 38.5 Å². The van der Waals surface area contributed by atoms with Crippen molar-refractivity contribution in [3.05, 3.63) is 58.6 Å². The molecule has 3 amide bonds. The fraction of sp³-hybridized carbons (Fsp3) is 0.167. The SMILES string of the molecule is CC(C(=O)Nc1cccc(Cl)c1SC(F)F)N1C(=O)c2ccccc2C1=O. The van der Waals surface area contributed by atoms with Crippen LogP contribution in [0.4, 0.5) is 14.5 Å². The number of nitrogens with one attached hydrogen (secondary N) is 1. The maximum absolute atomic E-state index is 12.8. The van der Waals surface area contributed by atoms with Crippen LogP contribution in [0, 0.1) is 0 Å². The third-order valence-electron chi connectivity index (χ3n) is 4.02. The van der Waals surface area contributed by atoms with E-state index in [1.165, 1.54) is 37.3 Å². The van der Waals surface area contributed by atoms with Crippen LogP contribution in [0.2, 0.25) is 5.02 Å². The van der Waals surface area contributed by atoms with Crippen molar-refractivity contribution in [3.8, 4) is 0 Å². The topological polar surface area (TPSA) is 66.5 Å². The van der Waals surface area contributed by atoms with Gasteiger partial charge >= 0.3 is 0 Å². The van der Waals surface area contributed by atoms with Gasteiger partial charge in [0.15, 0.2) is 0 Å². The minimum absolute atomic E-state index is 0.0112. The molecule has 0 aliphatic carbocycles. The molecule has 0 fully saturated rings. The molecule has 0 radical (unpaired) electrons. The minimum Gasteiger partial charge on any atom is -0.323 e. The highest BCUT2D eigenvalue weighted by atomic mass is 35.5. The normalized spacial score (nSPS) is 14.5. The fourth-order valence-electron chi connectivity index (χ4n) is 2.73. The molecule has 2 aromatic carbocycles. The Kier molecular flexibility index (Phi) is 5.48. The number of thioether (sulfide) groups is 1. The van der Waals surface area contributed by atoms with Gasteiger partial charge in [0.2, 0.25) is 5.91 Å². The molecule has 0 aromatic heterocycles. The summed E-state index contributed by atoms with van der Waals surface area (Å²) in [6.07, 6.45) is 0. The second kappa shape index (κ2) is 7.66. The Balaban J connectivity index is 1.83. The number of hydrogen-bond acceptors (Lipinski definition) is 4. The molecule has 0 bridgehead atoms. The Morgan fingerprint density at radius 2 is 1.67 bits per heavy atom. The first kappa shape index (κ1) is 19.3. The summed E-state index contributed by atoms with van der Waals surface area (Å²) in [5, 5.41) is 2.54. The lowest BCUT2D eigenvalue weighted by atomic mass is 10.1. The first-order valence-electron chi connectivity index (χ1n) is 7.82. The number of benzene rings is 2. The standard InChI is InChI=1S/C18H13ClF2N2O3S/c1-9(23-16(25)10-5-2-3-6-11(10)17(23)26)15(24)22-13-8-4-7-12(19)14(13)27-18(20)21/h2-9,18H,1H3,(H,22,24). The van der Waals surface area contributed by atoms with Gasteiger partial charge < -0.3 is 5.32 Å². The number of carbonyl (C=O) groups is 3. The van der Waals surface area contributed by atoms with Gasteiger partial charge in [0.25, 0.3) is 17.6 Å². The van der Waals surface area contributed by atoms with Crippen LogP contribution in [0.5, 0.6) is 0 Å². The highest BCUT2D eigenvalue weighted by molar-refractivity contribution is 7.99. The molecule has 3 rings (SSSR count). The van der Waals surface area contributed by atoms with Crippen LogP contribution < -0.4 is 5.32 Å². The molecule has 5 nitrogen and oxygen atoms in total. The van der Waals surface area contributed by atoms with Crippen molar-refractivity contribution >= 4 is 46.8 Å². The Morgan fingerprint density at radius 1 is 1.07 bits per heavy atom. The van der Waals surface area contributed by atoms with E-state index in [9.17, 15) is 23.2 Å². The lowest BCUT2D eigenvalue weighted by Crippen LogP contribution is -2.45. The van der Waals surface area contributed by atoms with Crippen molar-refractivity contribution in [2.75, 3.05) is 5.32 Å². The van der Waals surface area contributed by atoms with E-state index in [1.807, 2.05) is 0 Å². The molecule has 0 spiro atoms. The van der Waals surface area contributed by atoms with E-state index in [4.69, 9.17) is 11.6 Å². The number of imide groups is 1. The van der Waals surface area contributed by atoms with Crippen LogP contribution in [0.3, 0.4) is 0 Å². The van der Waals surface area contributed by atoms with Crippen molar-refractivity contribution in [1.82, 2.24) is 4.90 Å². The predicted octanol–water partition coefficient (Wildman–Crippen LogP) is 4.28. The molecule has 0 saturated carbocycles. The zero-order chi connectivity index (χ0) is 19.7. The zero-order valence-corrected chi connectivity index (χ0v) is 15.5. The van der Waals surface area contributed by atoms with Crippen LogP contribution in [0.25, 0.3) is 0 Å². The molecule has 1 unspecified atom stereocenters. The summed E-state index contributed by atoms with van der Waals surface area (Å²) >= 11 is 6.15. The Hall–Kier alpha value is -2.45. The summed E-state index contributed by atoms with van der Waals surface area (Å²) in [7, 11) is 0. The number of carbonyl (C=O) groups excluding carboxylic acids is 3. The smallest absolute Gasteiger partial charge is 0.289 e. The second-order valence-corrected chi connectivity index (χ2v) is 7.09. The summed E-state index contributed by atoms with van der Waals surface area (Å²) in [6, 6.07) is 9.47. The van der Waals surface area contributed by atoms with E-state index in [1.54, 1.807) is 12.1 Å². The lowest BCUT2D eigenvalue weighted by Gasteiger charge is -2.22. The number of halogens is 3. The monoisotopic (exact) mass is 410 g/mol. The van der Waals surface area contributed by atoms with Gasteiger partial charge in [-0.15, -0.1) is 0 Å². The van der Waals surface area contributed by atoms with Gasteiger partial charge in [-0.1, -0.05) is 41.6 Å². The largest absolute Gasteiger partial charge is 0.323 e. The molecule has 1 aliphatic heterocycles. The first-order valence-corrected chi connectivity index (χ1v) is 9.08. The number of fused-ring (bicyclic) bond motifs is 1. The van der Waals surface area contributed by atoms with E-state index >= 15 is 0 Å². The van der Waals surface area contributed by atoms with Crippen LogP contribution in [-0.4, -0.2) is 34.4 Å². The number of alkyl halides is 2. The van der Waals surface area contributed by atoms with Crippen molar-refractivity contribution in [1.29, 1.82) is 0 Å². The van der Waals surface area contributed by atoms with Gasteiger partial charge in [0, 0.05) is 0 Å².